The van der Waals surface area contributed by atoms with E-state index >= 15 is 0 Å². The first-order valence-electron chi connectivity index (χ1n) is 9.07. The maximum Gasteiger partial charge on any atom is 0.272 e. The van der Waals surface area contributed by atoms with E-state index in [0.717, 1.165) is 44.2 Å². The number of primary sulfonamides is 1. The molecule has 0 atom stereocenters. The first-order valence-corrected chi connectivity index (χ1v) is 10.6. The molecule has 1 fully saturated rings. The Morgan fingerprint density at radius 1 is 1.21 bits per heavy atom. The van der Waals surface area contributed by atoms with Gasteiger partial charge in [-0.3, -0.25) is 19.7 Å². The molecule has 0 bridgehead atoms. The van der Waals surface area contributed by atoms with Crippen LogP contribution in [-0.4, -0.2) is 54.2 Å². The molecule has 0 amide bonds. The largest absolute Gasteiger partial charge is 0.370 e. The van der Waals surface area contributed by atoms with E-state index in [1.54, 1.807) is 0 Å². The van der Waals surface area contributed by atoms with Gasteiger partial charge in [-0.05, 0) is 19.4 Å². The second kappa shape index (κ2) is 8.25. The molecule has 3 rings (SSSR count). The summed E-state index contributed by atoms with van der Waals surface area (Å²) < 4.78 is 25.3. The van der Waals surface area contributed by atoms with Gasteiger partial charge in [0, 0.05) is 68.8 Å². The van der Waals surface area contributed by atoms with Crippen LogP contribution in [-0.2, 0) is 23.1 Å². The summed E-state index contributed by atoms with van der Waals surface area (Å²) >= 11 is 0. The number of hydrogen-bond donors (Lipinski definition) is 1. The molecule has 28 heavy (non-hydrogen) atoms. The number of nitro groups is 1. The Morgan fingerprint density at radius 2 is 2.00 bits per heavy atom. The molecule has 0 radical (unpaired) electrons. The predicted octanol–water partition coefficient (Wildman–Crippen LogP) is 1.17. The van der Waals surface area contributed by atoms with Gasteiger partial charge in [-0.15, -0.1) is 0 Å². The number of nitrogens with zero attached hydrogens (tertiary/aromatic N) is 5. The Bertz CT molecular complexity index is 958. The lowest BCUT2D eigenvalue weighted by Gasteiger charge is -2.23. The number of sulfonamides is 1. The van der Waals surface area contributed by atoms with Gasteiger partial charge in [-0.2, -0.15) is 5.10 Å². The SMILES string of the molecule is CCn1cc(CN2CCCN(c3cc([N+](=O)[O-])cc(S(N)(=O)=O)c3)CC2)cn1. The van der Waals surface area contributed by atoms with E-state index in [9.17, 15) is 18.5 Å². The molecule has 0 spiro atoms. The molecule has 2 N–H and O–H groups in total. The van der Waals surface area contributed by atoms with Crippen molar-refractivity contribution in [3.8, 4) is 0 Å². The van der Waals surface area contributed by atoms with Crippen LogP contribution in [0, 0.1) is 10.1 Å². The average molecular weight is 408 g/mol. The third kappa shape index (κ3) is 4.86. The van der Waals surface area contributed by atoms with Crippen LogP contribution in [0.15, 0.2) is 35.5 Å². The highest BCUT2D eigenvalue weighted by atomic mass is 32.2. The second-order valence-corrected chi connectivity index (χ2v) is 8.37. The number of hydrogen-bond acceptors (Lipinski definition) is 7. The normalized spacial score (nSPS) is 16.1. The first-order chi connectivity index (χ1) is 13.3. The van der Waals surface area contributed by atoms with E-state index in [4.69, 9.17) is 5.14 Å². The van der Waals surface area contributed by atoms with Gasteiger partial charge >= 0.3 is 0 Å². The fourth-order valence-electron chi connectivity index (χ4n) is 3.33. The standard InChI is InChI=1S/C17H24N6O4S/c1-2-22-13-14(11-19-22)12-20-4-3-5-21(7-6-20)15-8-16(23(24)25)10-17(9-15)28(18,26)27/h8-11,13H,2-7,12H2,1H3,(H2,18,26,27). The third-order valence-corrected chi connectivity index (χ3v) is 5.68. The zero-order valence-corrected chi connectivity index (χ0v) is 16.5. The summed E-state index contributed by atoms with van der Waals surface area (Å²) in [6, 6.07) is 3.80. The van der Waals surface area contributed by atoms with Crippen molar-refractivity contribution in [2.45, 2.75) is 31.3 Å². The molecule has 2 heterocycles. The van der Waals surface area contributed by atoms with Gasteiger partial charge in [0.05, 0.1) is 16.0 Å². The van der Waals surface area contributed by atoms with Crippen LogP contribution in [0.1, 0.15) is 18.9 Å². The quantitative estimate of drug-likeness (QED) is 0.561. The zero-order chi connectivity index (χ0) is 20.3. The van der Waals surface area contributed by atoms with Gasteiger partial charge < -0.3 is 4.90 Å². The van der Waals surface area contributed by atoms with Crippen molar-refractivity contribution in [2.24, 2.45) is 5.14 Å². The summed E-state index contributed by atoms with van der Waals surface area (Å²) in [5.74, 6) is 0. The lowest BCUT2D eigenvalue weighted by molar-refractivity contribution is -0.385. The Balaban J connectivity index is 1.76. The van der Waals surface area contributed by atoms with E-state index in [-0.39, 0.29) is 10.6 Å². The number of benzene rings is 1. The first kappa shape index (κ1) is 20.2. The van der Waals surface area contributed by atoms with Crippen molar-refractivity contribution in [3.63, 3.8) is 0 Å². The van der Waals surface area contributed by atoms with E-state index < -0.39 is 14.9 Å². The molecule has 10 nitrogen and oxygen atoms in total. The maximum absolute atomic E-state index is 11.7. The topological polar surface area (TPSA) is 128 Å². The van der Waals surface area contributed by atoms with Crippen LogP contribution in [0.25, 0.3) is 0 Å². The van der Waals surface area contributed by atoms with Crippen molar-refractivity contribution >= 4 is 21.4 Å². The smallest absolute Gasteiger partial charge is 0.272 e. The van der Waals surface area contributed by atoms with Crippen LogP contribution in [0.3, 0.4) is 0 Å². The van der Waals surface area contributed by atoms with Gasteiger partial charge in [0.25, 0.3) is 5.69 Å². The molecule has 11 heteroatoms. The Labute approximate surface area is 163 Å². The number of rotatable bonds is 6. The monoisotopic (exact) mass is 408 g/mol. The van der Waals surface area contributed by atoms with Gasteiger partial charge in [-0.1, -0.05) is 0 Å². The minimum absolute atomic E-state index is 0.246. The van der Waals surface area contributed by atoms with Crippen LogP contribution in [0.2, 0.25) is 0 Å². The zero-order valence-electron chi connectivity index (χ0n) is 15.7. The highest BCUT2D eigenvalue weighted by Crippen LogP contribution is 2.27. The third-order valence-electron chi connectivity index (χ3n) is 4.79. The summed E-state index contributed by atoms with van der Waals surface area (Å²) in [5.41, 5.74) is 1.36. The van der Waals surface area contributed by atoms with Gasteiger partial charge in [-0.25, -0.2) is 13.6 Å². The molecule has 1 aromatic carbocycles. The van der Waals surface area contributed by atoms with E-state index in [1.807, 2.05) is 28.9 Å². The summed E-state index contributed by atoms with van der Waals surface area (Å²) in [4.78, 5) is 14.6. The highest BCUT2D eigenvalue weighted by molar-refractivity contribution is 7.89. The molecule has 0 unspecified atom stereocenters. The minimum Gasteiger partial charge on any atom is -0.370 e. The van der Waals surface area contributed by atoms with Crippen molar-refractivity contribution in [1.82, 2.24) is 14.7 Å². The van der Waals surface area contributed by atoms with Crippen LogP contribution in [0.5, 0.6) is 0 Å². The molecular weight excluding hydrogens is 384 g/mol. The molecule has 0 aliphatic carbocycles. The molecule has 1 saturated heterocycles. The predicted molar refractivity (Wildman–Crippen MR) is 104 cm³/mol. The van der Waals surface area contributed by atoms with Gasteiger partial charge in [0.1, 0.15) is 0 Å². The molecule has 1 aromatic heterocycles. The van der Waals surface area contributed by atoms with Crippen molar-refractivity contribution in [1.29, 1.82) is 0 Å². The lowest BCUT2D eigenvalue weighted by atomic mass is 10.2. The summed E-state index contributed by atoms with van der Waals surface area (Å²) in [5, 5.41) is 20.7. The molecule has 0 saturated carbocycles. The highest BCUT2D eigenvalue weighted by Gasteiger charge is 2.21. The van der Waals surface area contributed by atoms with Crippen LogP contribution >= 0.6 is 0 Å². The van der Waals surface area contributed by atoms with Gasteiger partial charge in [0.15, 0.2) is 0 Å². The summed E-state index contributed by atoms with van der Waals surface area (Å²) in [6.07, 6.45) is 4.75. The second-order valence-electron chi connectivity index (χ2n) is 6.81. The van der Waals surface area contributed by atoms with Crippen molar-refractivity contribution in [3.05, 3.63) is 46.3 Å². The summed E-state index contributed by atoms with van der Waals surface area (Å²) in [7, 11) is -4.03. The molecule has 1 aliphatic rings. The fourth-order valence-corrected chi connectivity index (χ4v) is 3.90. The number of aryl methyl sites for hydroxylation is 1. The minimum atomic E-state index is -4.03. The van der Waals surface area contributed by atoms with Gasteiger partial charge in [0.2, 0.25) is 10.0 Å². The van der Waals surface area contributed by atoms with E-state index in [2.05, 4.69) is 10.00 Å². The number of nitrogens with two attached hydrogens (primary N) is 1. The fraction of sp³-hybridized carbons (Fsp3) is 0.471. The number of aromatic nitrogens is 2. The van der Waals surface area contributed by atoms with Crippen molar-refractivity contribution < 1.29 is 13.3 Å². The number of nitro benzene ring substituents is 1. The molecule has 2 aromatic rings. The number of non-ortho nitro benzene ring substituents is 1. The van der Waals surface area contributed by atoms with Crippen LogP contribution in [0.4, 0.5) is 11.4 Å². The molecular formula is C17H24N6O4S. The number of anilines is 1. The Hall–Kier alpha value is -2.50. The molecule has 152 valence electrons. The lowest BCUT2D eigenvalue weighted by Crippen LogP contribution is -2.30. The molecule has 1 aliphatic heterocycles. The van der Waals surface area contributed by atoms with Crippen LogP contribution < -0.4 is 10.0 Å². The Morgan fingerprint density at radius 3 is 2.64 bits per heavy atom. The van der Waals surface area contributed by atoms with E-state index in [0.29, 0.717) is 18.8 Å². The maximum atomic E-state index is 11.7. The Kier molecular flexibility index (Phi) is 5.96. The average Bonchev–Trinajstić information content (AvgIpc) is 2.97. The van der Waals surface area contributed by atoms with Crippen molar-refractivity contribution in [2.75, 3.05) is 31.1 Å². The summed E-state index contributed by atoms with van der Waals surface area (Å²) in [6.45, 7) is 6.59. The van der Waals surface area contributed by atoms with E-state index in [1.165, 1.54) is 12.1 Å².